The molecule has 0 spiro atoms. The molecule has 1 aliphatic heterocycles. The van der Waals surface area contributed by atoms with E-state index in [4.69, 9.17) is 5.73 Å². The number of hydrogen-bond donors (Lipinski definition) is 1. The molecule has 2 amide bonds. The summed E-state index contributed by atoms with van der Waals surface area (Å²) in [6, 6.07) is 9.54. The van der Waals surface area contributed by atoms with Crippen molar-refractivity contribution in [2.24, 2.45) is 5.73 Å². The van der Waals surface area contributed by atoms with E-state index in [0.717, 1.165) is 28.2 Å². The summed E-state index contributed by atoms with van der Waals surface area (Å²) >= 11 is 0.949. The van der Waals surface area contributed by atoms with Crippen LogP contribution < -0.4 is 5.73 Å². The Bertz CT molecular complexity index is 757. The summed E-state index contributed by atoms with van der Waals surface area (Å²) < 4.78 is 0. The maximum Gasteiger partial charge on any atom is 0.293 e. The first-order valence-electron chi connectivity index (χ1n) is 6.49. The average molecular weight is 299 g/mol. The first-order valence-corrected chi connectivity index (χ1v) is 7.31. The first kappa shape index (κ1) is 13.8. The van der Waals surface area contributed by atoms with Crippen LogP contribution in [0.15, 0.2) is 41.4 Å². The maximum absolute atomic E-state index is 12.1. The molecule has 0 atom stereocenters. The zero-order valence-electron chi connectivity index (χ0n) is 11.2. The van der Waals surface area contributed by atoms with Crippen LogP contribution in [-0.2, 0) is 4.79 Å². The Labute approximate surface area is 125 Å². The van der Waals surface area contributed by atoms with Crippen LogP contribution in [0.4, 0.5) is 4.79 Å². The average Bonchev–Trinajstić information content (AvgIpc) is 2.75. The maximum atomic E-state index is 12.1. The number of carbonyl (C=O) groups excluding carboxylic acids is 2. The molecule has 1 fully saturated rings. The van der Waals surface area contributed by atoms with Crippen molar-refractivity contribution >= 4 is 39.9 Å². The lowest BCUT2D eigenvalue weighted by Gasteiger charge is -2.09. The van der Waals surface area contributed by atoms with Crippen LogP contribution in [0.1, 0.15) is 5.56 Å². The minimum absolute atomic E-state index is 0.254. The number of hydrogen-bond acceptors (Lipinski definition) is 5. The van der Waals surface area contributed by atoms with Gasteiger partial charge in [0.2, 0.25) is 0 Å². The molecule has 0 bridgehead atoms. The lowest BCUT2D eigenvalue weighted by Crippen LogP contribution is -2.33. The van der Waals surface area contributed by atoms with E-state index in [-0.39, 0.29) is 24.2 Å². The minimum Gasteiger partial charge on any atom is -0.329 e. The molecule has 21 heavy (non-hydrogen) atoms. The van der Waals surface area contributed by atoms with Crippen LogP contribution in [-0.4, -0.2) is 34.1 Å². The zero-order chi connectivity index (χ0) is 14.8. The molecule has 1 aromatic heterocycles. The monoisotopic (exact) mass is 299 g/mol. The van der Waals surface area contributed by atoms with Gasteiger partial charge in [-0.3, -0.25) is 19.5 Å². The van der Waals surface area contributed by atoms with Crippen molar-refractivity contribution in [2.75, 3.05) is 13.1 Å². The second kappa shape index (κ2) is 5.67. The lowest BCUT2D eigenvalue weighted by molar-refractivity contribution is -0.122. The number of amides is 2. The van der Waals surface area contributed by atoms with Gasteiger partial charge in [0, 0.05) is 24.7 Å². The van der Waals surface area contributed by atoms with Gasteiger partial charge in [0.15, 0.2) is 0 Å². The third-order valence-corrected chi connectivity index (χ3v) is 4.06. The number of nitrogens with zero attached hydrogens (tertiary/aromatic N) is 2. The van der Waals surface area contributed by atoms with E-state index in [1.807, 2.05) is 30.3 Å². The van der Waals surface area contributed by atoms with Crippen molar-refractivity contribution in [1.82, 2.24) is 9.88 Å². The molecule has 1 aliphatic rings. The van der Waals surface area contributed by atoms with E-state index in [1.54, 1.807) is 12.3 Å². The fourth-order valence-corrected chi connectivity index (χ4v) is 3.02. The number of rotatable bonds is 3. The van der Waals surface area contributed by atoms with Crippen molar-refractivity contribution in [3.63, 3.8) is 0 Å². The van der Waals surface area contributed by atoms with Gasteiger partial charge in [-0.2, -0.15) is 0 Å². The SMILES string of the molecule is NCCN1C(=O)SC(=Cc2ccc3ncccc3c2)C1=O. The molecule has 6 heteroatoms. The normalized spacial score (nSPS) is 17.2. The number of fused-ring (bicyclic) bond motifs is 1. The molecule has 2 N–H and O–H groups in total. The Balaban J connectivity index is 1.93. The Kier molecular flexibility index (Phi) is 3.72. The van der Waals surface area contributed by atoms with Crippen molar-refractivity contribution in [3.05, 3.63) is 47.0 Å². The van der Waals surface area contributed by atoms with Crippen molar-refractivity contribution in [1.29, 1.82) is 0 Å². The van der Waals surface area contributed by atoms with Gasteiger partial charge < -0.3 is 5.73 Å². The standard InChI is InChI=1S/C15H13N3O2S/c16-5-7-18-14(19)13(21-15(18)20)9-10-3-4-12-11(8-10)2-1-6-17-12/h1-4,6,8-9H,5,7,16H2. The number of thioether (sulfide) groups is 1. The second-order valence-electron chi connectivity index (χ2n) is 4.58. The zero-order valence-corrected chi connectivity index (χ0v) is 12.0. The number of pyridine rings is 1. The molecule has 2 heterocycles. The number of imide groups is 1. The van der Waals surface area contributed by atoms with Gasteiger partial charge in [0.1, 0.15) is 0 Å². The van der Waals surface area contributed by atoms with Crippen LogP contribution in [0.5, 0.6) is 0 Å². The summed E-state index contributed by atoms with van der Waals surface area (Å²) in [5, 5.41) is 0.728. The van der Waals surface area contributed by atoms with E-state index in [2.05, 4.69) is 4.98 Å². The molecule has 0 unspecified atom stereocenters. The van der Waals surface area contributed by atoms with Crippen LogP contribution in [0, 0.1) is 0 Å². The molecule has 3 rings (SSSR count). The molecule has 0 saturated carbocycles. The van der Waals surface area contributed by atoms with Crippen LogP contribution >= 0.6 is 11.8 Å². The Hall–Kier alpha value is -2.18. The van der Waals surface area contributed by atoms with Gasteiger partial charge in [-0.25, -0.2) is 0 Å². The predicted octanol–water partition coefficient (Wildman–Crippen LogP) is 2.23. The lowest BCUT2D eigenvalue weighted by atomic mass is 10.1. The van der Waals surface area contributed by atoms with Crippen LogP contribution in [0.2, 0.25) is 0 Å². The van der Waals surface area contributed by atoms with Crippen LogP contribution in [0.3, 0.4) is 0 Å². The van der Waals surface area contributed by atoms with Crippen molar-refractivity contribution in [2.45, 2.75) is 0 Å². The van der Waals surface area contributed by atoms with Gasteiger partial charge in [-0.15, -0.1) is 0 Å². The summed E-state index contributed by atoms with van der Waals surface area (Å²) in [4.78, 5) is 29.7. The molecular weight excluding hydrogens is 286 g/mol. The molecule has 106 valence electrons. The highest BCUT2D eigenvalue weighted by atomic mass is 32.2. The van der Waals surface area contributed by atoms with Crippen molar-refractivity contribution in [3.8, 4) is 0 Å². The van der Waals surface area contributed by atoms with Crippen molar-refractivity contribution < 1.29 is 9.59 Å². The highest BCUT2D eigenvalue weighted by Crippen LogP contribution is 2.32. The third-order valence-electron chi connectivity index (χ3n) is 3.15. The summed E-state index contributed by atoms with van der Waals surface area (Å²) in [5.74, 6) is -0.276. The van der Waals surface area contributed by atoms with Crippen LogP contribution in [0.25, 0.3) is 17.0 Å². The Morgan fingerprint density at radius 2 is 2.14 bits per heavy atom. The highest BCUT2D eigenvalue weighted by molar-refractivity contribution is 8.18. The van der Waals surface area contributed by atoms with Gasteiger partial charge in [-0.05, 0) is 41.6 Å². The van der Waals surface area contributed by atoms with E-state index < -0.39 is 0 Å². The minimum atomic E-state index is -0.276. The summed E-state index contributed by atoms with van der Waals surface area (Å²) in [6.07, 6.45) is 3.47. The summed E-state index contributed by atoms with van der Waals surface area (Å²) in [6.45, 7) is 0.524. The largest absolute Gasteiger partial charge is 0.329 e. The van der Waals surface area contributed by atoms with Gasteiger partial charge in [-0.1, -0.05) is 12.1 Å². The molecule has 0 aliphatic carbocycles. The van der Waals surface area contributed by atoms with E-state index >= 15 is 0 Å². The van der Waals surface area contributed by atoms with Gasteiger partial charge in [0.05, 0.1) is 10.4 Å². The van der Waals surface area contributed by atoms with Gasteiger partial charge >= 0.3 is 0 Å². The molecule has 0 radical (unpaired) electrons. The fraction of sp³-hybridized carbons (Fsp3) is 0.133. The molecule has 5 nitrogen and oxygen atoms in total. The van der Waals surface area contributed by atoms with E-state index in [1.165, 1.54) is 4.90 Å². The second-order valence-corrected chi connectivity index (χ2v) is 5.57. The topological polar surface area (TPSA) is 76.3 Å². The molecular formula is C15H13N3O2S. The highest BCUT2D eigenvalue weighted by Gasteiger charge is 2.34. The smallest absolute Gasteiger partial charge is 0.293 e. The number of aromatic nitrogens is 1. The number of carbonyl (C=O) groups is 2. The Morgan fingerprint density at radius 3 is 2.95 bits per heavy atom. The first-order chi connectivity index (χ1) is 10.2. The number of benzene rings is 1. The third kappa shape index (κ3) is 2.68. The predicted molar refractivity (Wildman–Crippen MR) is 83.5 cm³/mol. The molecule has 1 saturated heterocycles. The van der Waals surface area contributed by atoms with E-state index in [0.29, 0.717) is 4.91 Å². The quantitative estimate of drug-likeness (QED) is 0.880. The summed E-state index contributed by atoms with van der Waals surface area (Å²) in [7, 11) is 0. The molecule has 2 aromatic rings. The summed E-state index contributed by atoms with van der Waals surface area (Å²) in [5.41, 5.74) is 7.17. The Morgan fingerprint density at radius 1 is 1.29 bits per heavy atom. The van der Waals surface area contributed by atoms with E-state index in [9.17, 15) is 9.59 Å². The number of nitrogens with two attached hydrogens (primary N) is 1. The van der Waals surface area contributed by atoms with Gasteiger partial charge in [0.25, 0.3) is 11.1 Å². The molecule has 1 aromatic carbocycles. The fourth-order valence-electron chi connectivity index (χ4n) is 2.16.